The molecule has 106 valence electrons. The van der Waals surface area contributed by atoms with Crippen molar-refractivity contribution in [2.45, 2.75) is 6.54 Å². The molecule has 6 heteroatoms. The summed E-state index contributed by atoms with van der Waals surface area (Å²) in [5.41, 5.74) is 1.20. The smallest absolute Gasteiger partial charge is 0.247 e. The Morgan fingerprint density at radius 3 is 2.80 bits per heavy atom. The van der Waals surface area contributed by atoms with Gasteiger partial charge in [0.2, 0.25) is 5.95 Å². The lowest BCUT2D eigenvalue weighted by Gasteiger charge is -2.17. The summed E-state index contributed by atoms with van der Waals surface area (Å²) in [7, 11) is 3.61. The van der Waals surface area contributed by atoms with Crippen LogP contribution in [-0.4, -0.2) is 42.5 Å². The number of nitrogens with one attached hydrogen (secondary N) is 1. The van der Waals surface area contributed by atoms with Crippen molar-refractivity contribution in [3.8, 4) is 0 Å². The molecule has 0 saturated heterocycles. The first-order valence-corrected chi connectivity index (χ1v) is 6.47. The van der Waals surface area contributed by atoms with Gasteiger partial charge >= 0.3 is 0 Å². The highest BCUT2D eigenvalue weighted by Crippen LogP contribution is 2.11. The maximum Gasteiger partial charge on any atom is 0.247 e. The Kier molecular flexibility index (Phi) is 5.25. The largest absolute Gasteiger partial charge is 0.383 e. The van der Waals surface area contributed by atoms with Gasteiger partial charge in [0.05, 0.1) is 12.8 Å². The van der Waals surface area contributed by atoms with E-state index in [0.29, 0.717) is 24.9 Å². The average molecular weight is 273 g/mol. The van der Waals surface area contributed by atoms with Crippen molar-refractivity contribution in [2.75, 3.05) is 37.5 Å². The monoisotopic (exact) mass is 273 g/mol. The van der Waals surface area contributed by atoms with Gasteiger partial charge in [-0.1, -0.05) is 30.3 Å². The number of anilines is 2. The predicted molar refractivity (Wildman–Crippen MR) is 78.7 cm³/mol. The molecule has 1 N–H and O–H groups in total. The zero-order valence-electron chi connectivity index (χ0n) is 11.8. The summed E-state index contributed by atoms with van der Waals surface area (Å²) in [5, 5.41) is 11.2. The molecule has 0 atom stereocenters. The van der Waals surface area contributed by atoms with Gasteiger partial charge in [0.1, 0.15) is 0 Å². The van der Waals surface area contributed by atoms with Gasteiger partial charge in [-0.15, -0.1) is 5.10 Å². The lowest BCUT2D eigenvalue weighted by molar-refractivity contribution is 0.210. The van der Waals surface area contributed by atoms with E-state index in [0.717, 1.165) is 6.54 Å². The van der Waals surface area contributed by atoms with Crippen molar-refractivity contribution in [1.82, 2.24) is 15.2 Å². The van der Waals surface area contributed by atoms with Gasteiger partial charge in [-0.3, -0.25) is 0 Å². The molecule has 0 saturated carbocycles. The van der Waals surface area contributed by atoms with E-state index < -0.39 is 0 Å². The van der Waals surface area contributed by atoms with E-state index in [1.165, 1.54) is 5.56 Å². The van der Waals surface area contributed by atoms with E-state index in [1.807, 2.05) is 30.1 Å². The van der Waals surface area contributed by atoms with Crippen LogP contribution < -0.4 is 10.2 Å². The first kappa shape index (κ1) is 14.2. The van der Waals surface area contributed by atoms with E-state index in [4.69, 9.17) is 4.74 Å². The van der Waals surface area contributed by atoms with E-state index >= 15 is 0 Å². The molecule has 1 heterocycles. The number of hydrogen-bond acceptors (Lipinski definition) is 6. The maximum absolute atomic E-state index is 4.98. The molecule has 0 fully saturated rings. The molecule has 2 rings (SSSR count). The van der Waals surface area contributed by atoms with Crippen LogP contribution >= 0.6 is 0 Å². The normalized spacial score (nSPS) is 10.3. The van der Waals surface area contributed by atoms with Crippen molar-refractivity contribution in [2.24, 2.45) is 0 Å². The minimum absolute atomic E-state index is 0.594. The fourth-order valence-corrected chi connectivity index (χ4v) is 1.75. The number of rotatable bonds is 7. The summed E-state index contributed by atoms with van der Waals surface area (Å²) in [6, 6.07) is 10.2. The lowest BCUT2D eigenvalue weighted by atomic mass is 10.2. The highest BCUT2D eigenvalue weighted by molar-refractivity contribution is 5.39. The predicted octanol–water partition coefficient (Wildman–Crippen LogP) is 1.57. The molecule has 0 unspecified atom stereocenters. The third-order valence-electron chi connectivity index (χ3n) is 2.76. The van der Waals surface area contributed by atoms with Crippen LogP contribution in [0.25, 0.3) is 0 Å². The first-order valence-electron chi connectivity index (χ1n) is 6.47. The molecular weight excluding hydrogens is 254 g/mol. The van der Waals surface area contributed by atoms with Gasteiger partial charge in [-0.05, 0) is 5.56 Å². The minimum Gasteiger partial charge on any atom is -0.383 e. The Hall–Kier alpha value is -2.21. The van der Waals surface area contributed by atoms with Crippen molar-refractivity contribution in [3.05, 3.63) is 42.1 Å². The average Bonchev–Trinajstić information content (AvgIpc) is 2.49. The number of aromatic nitrogens is 3. The molecule has 0 bridgehead atoms. The van der Waals surface area contributed by atoms with E-state index in [1.54, 1.807) is 13.3 Å². The summed E-state index contributed by atoms with van der Waals surface area (Å²) in [6.45, 7) is 2.06. The number of ether oxygens (including phenoxy) is 1. The van der Waals surface area contributed by atoms with Crippen LogP contribution in [0.3, 0.4) is 0 Å². The van der Waals surface area contributed by atoms with Crippen LogP contribution in [0.5, 0.6) is 0 Å². The molecular formula is C14H19N5O. The molecule has 0 aliphatic heterocycles. The highest BCUT2D eigenvalue weighted by atomic mass is 16.5. The second-order valence-electron chi connectivity index (χ2n) is 4.40. The molecule has 20 heavy (non-hydrogen) atoms. The van der Waals surface area contributed by atoms with E-state index in [-0.39, 0.29) is 0 Å². The standard InChI is InChI=1S/C14H19N5O/c1-19(11-12-6-4-3-5-7-12)14-17-13(10-16-18-14)15-8-9-20-2/h3-7,10H,8-9,11H2,1-2H3,(H,15,17,18). The quantitative estimate of drug-likeness (QED) is 0.773. The second-order valence-corrected chi connectivity index (χ2v) is 4.40. The fourth-order valence-electron chi connectivity index (χ4n) is 1.75. The van der Waals surface area contributed by atoms with Crippen molar-refractivity contribution in [1.29, 1.82) is 0 Å². The number of nitrogens with zero attached hydrogens (tertiary/aromatic N) is 4. The Balaban J connectivity index is 1.99. The van der Waals surface area contributed by atoms with E-state index in [2.05, 4.69) is 32.6 Å². The van der Waals surface area contributed by atoms with Gasteiger partial charge in [-0.2, -0.15) is 10.1 Å². The first-order chi connectivity index (χ1) is 9.79. The van der Waals surface area contributed by atoms with Crippen LogP contribution in [0.2, 0.25) is 0 Å². The van der Waals surface area contributed by atoms with E-state index in [9.17, 15) is 0 Å². The van der Waals surface area contributed by atoms with Gasteiger partial charge < -0.3 is 15.0 Å². The van der Waals surface area contributed by atoms with Gasteiger partial charge in [0.25, 0.3) is 0 Å². The van der Waals surface area contributed by atoms with Crippen LogP contribution in [0.1, 0.15) is 5.56 Å². The van der Waals surface area contributed by atoms with Gasteiger partial charge in [0.15, 0.2) is 5.82 Å². The Labute approximate surface area is 118 Å². The molecule has 0 spiro atoms. The fraction of sp³-hybridized carbons (Fsp3) is 0.357. The number of methoxy groups -OCH3 is 1. The molecule has 0 radical (unpaired) electrons. The third-order valence-corrected chi connectivity index (χ3v) is 2.76. The maximum atomic E-state index is 4.98. The Morgan fingerprint density at radius 2 is 2.05 bits per heavy atom. The summed E-state index contributed by atoms with van der Waals surface area (Å²) < 4.78 is 4.98. The zero-order valence-corrected chi connectivity index (χ0v) is 11.8. The third kappa shape index (κ3) is 4.17. The molecule has 1 aromatic heterocycles. The van der Waals surface area contributed by atoms with Crippen LogP contribution in [0.15, 0.2) is 36.5 Å². The second kappa shape index (κ2) is 7.40. The molecule has 0 aliphatic rings. The van der Waals surface area contributed by atoms with Gasteiger partial charge in [0, 0.05) is 27.2 Å². The highest BCUT2D eigenvalue weighted by Gasteiger charge is 2.06. The number of hydrogen-bond donors (Lipinski definition) is 1. The van der Waals surface area contributed by atoms with Crippen LogP contribution in [0, 0.1) is 0 Å². The zero-order chi connectivity index (χ0) is 14.2. The van der Waals surface area contributed by atoms with Gasteiger partial charge in [-0.25, -0.2) is 0 Å². The summed E-state index contributed by atoms with van der Waals surface area (Å²) >= 11 is 0. The van der Waals surface area contributed by atoms with Crippen LogP contribution in [0.4, 0.5) is 11.8 Å². The molecule has 0 amide bonds. The SMILES string of the molecule is COCCNc1cnnc(N(C)Cc2ccccc2)n1. The Bertz CT molecular complexity index is 520. The van der Waals surface area contributed by atoms with Crippen molar-refractivity contribution >= 4 is 11.8 Å². The molecule has 2 aromatic rings. The lowest BCUT2D eigenvalue weighted by Crippen LogP contribution is -2.20. The van der Waals surface area contributed by atoms with Crippen LogP contribution in [-0.2, 0) is 11.3 Å². The Morgan fingerprint density at radius 1 is 1.25 bits per heavy atom. The topological polar surface area (TPSA) is 63.2 Å². The van der Waals surface area contributed by atoms with Crippen molar-refractivity contribution < 1.29 is 4.74 Å². The molecule has 6 nitrogen and oxygen atoms in total. The molecule has 1 aromatic carbocycles. The molecule has 0 aliphatic carbocycles. The summed E-state index contributed by atoms with van der Waals surface area (Å²) in [4.78, 5) is 6.39. The van der Waals surface area contributed by atoms with Crippen molar-refractivity contribution in [3.63, 3.8) is 0 Å². The summed E-state index contributed by atoms with van der Waals surface area (Å²) in [5.74, 6) is 1.29. The minimum atomic E-state index is 0.594. The number of benzene rings is 1. The summed E-state index contributed by atoms with van der Waals surface area (Å²) in [6.07, 6.45) is 1.61.